The van der Waals surface area contributed by atoms with E-state index in [-0.39, 0.29) is 0 Å². The van der Waals surface area contributed by atoms with Gasteiger partial charge in [0, 0.05) is 5.02 Å². The Balaban J connectivity index is 2.99. The van der Waals surface area contributed by atoms with Crippen LogP contribution in [-0.2, 0) is 14.6 Å². The van der Waals surface area contributed by atoms with Crippen molar-refractivity contribution >= 4 is 27.4 Å². The van der Waals surface area contributed by atoms with Gasteiger partial charge in [-0.05, 0) is 17.7 Å². The van der Waals surface area contributed by atoms with E-state index in [2.05, 4.69) is 6.58 Å². The lowest BCUT2D eigenvalue weighted by Crippen LogP contribution is -2.17. The monoisotopic (exact) mass is 288 g/mol. The third kappa shape index (κ3) is 3.85. The number of hydrogen-bond acceptors (Lipinski definition) is 3. The summed E-state index contributed by atoms with van der Waals surface area (Å²) >= 11 is 5.72. The molecule has 0 amide bonds. The fourth-order valence-corrected chi connectivity index (χ4v) is 3.20. The Hall–Kier alpha value is -1.33. The second-order valence-electron chi connectivity index (χ2n) is 3.72. The van der Waals surface area contributed by atoms with Gasteiger partial charge < -0.3 is 5.11 Å². The third-order valence-electron chi connectivity index (χ3n) is 2.40. The maximum absolute atomic E-state index is 12.0. The maximum Gasteiger partial charge on any atom is 0.304 e. The highest BCUT2D eigenvalue weighted by Gasteiger charge is 2.24. The largest absolute Gasteiger partial charge is 0.481 e. The molecule has 0 radical (unpaired) electrons. The topological polar surface area (TPSA) is 71.4 Å². The first-order valence-corrected chi connectivity index (χ1v) is 7.27. The predicted molar refractivity (Wildman–Crippen MR) is 70.4 cm³/mol. The van der Waals surface area contributed by atoms with Crippen molar-refractivity contribution in [3.05, 3.63) is 47.5 Å². The van der Waals surface area contributed by atoms with Gasteiger partial charge in [0.15, 0.2) is 9.84 Å². The number of sulfone groups is 1. The van der Waals surface area contributed by atoms with Gasteiger partial charge in [0.2, 0.25) is 0 Å². The third-order valence-corrected chi connectivity index (χ3v) is 4.66. The van der Waals surface area contributed by atoms with E-state index in [1.165, 1.54) is 6.08 Å². The van der Waals surface area contributed by atoms with Gasteiger partial charge in [-0.1, -0.05) is 29.8 Å². The lowest BCUT2D eigenvalue weighted by Gasteiger charge is -2.13. The molecular formula is C12H13ClO4S. The summed E-state index contributed by atoms with van der Waals surface area (Å²) in [6, 6.07) is 6.35. The van der Waals surface area contributed by atoms with Crippen molar-refractivity contribution in [2.45, 2.75) is 11.7 Å². The quantitative estimate of drug-likeness (QED) is 0.816. The molecule has 98 valence electrons. The standard InChI is InChI=1S/C12H13ClO4S/c1-2-11(9-3-5-10(13)6-4-9)18(16,17)8-7-12(14)15/h2-6,11H,1,7-8H2,(H,14,15). The molecule has 1 rings (SSSR count). The lowest BCUT2D eigenvalue weighted by molar-refractivity contribution is -0.136. The second-order valence-corrected chi connectivity index (χ2v) is 6.40. The normalized spacial score (nSPS) is 12.9. The van der Waals surface area contributed by atoms with Crippen LogP contribution in [0, 0.1) is 0 Å². The smallest absolute Gasteiger partial charge is 0.304 e. The van der Waals surface area contributed by atoms with E-state index in [9.17, 15) is 13.2 Å². The summed E-state index contributed by atoms with van der Waals surface area (Å²) in [6.45, 7) is 3.49. The van der Waals surface area contributed by atoms with Crippen LogP contribution in [0.25, 0.3) is 0 Å². The van der Waals surface area contributed by atoms with Crippen LogP contribution in [0.1, 0.15) is 17.2 Å². The first-order chi connectivity index (χ1) is 8.36. The van der Waals surface area contributed by atoms with E-state index < -0.39 is 33.2 Å². The molecule has 1 aromatic rings. The molecular weight excluding hydrogens is 276 g/mol. The lowest BCUT2D eigenvalue weighted by atomic mass is 10.1. The number of carboxylic acid groups (broad SMARTS) is 1. The Kier molecular flexibility index (Phi) is 4.93. The summed E-state index contributed by atoms with van der Waals surface area (Å²) in [5.41, 5.74) is 0.528. The fourth-order valence-electron chi connectivity index (χ4n) is 1.50. The van der Waals surface area contributed by atoms with Crippen LogP contribution in [0.4, 0.5) is 0 Å². The molecule has 18 heavy (non-hydrogen) atoms. The molecule has 0 aliphatic rings. The summed E-state index contributed by atoms with van der Waals surface area (Å²) in [4.78, 5) is 10.4. The Labute approximate surface area is 111 Å². The van der Waals surface area contributed by atoms with Crippen LogP contribution in [-0.4, -0.2) is 25.2 Å². The van der Waals surface area contributed by atoms with E-state index in [1.54, 1.807) is 24.3 Å². The zero-order chi connectivity index (χ0) is 13.8. The summed E-state index contributed by atoms with van der Waals surface area (Å²) < 4.78 is 24.0. The van der Waals surface area contributed by atoms with Gasteiger partial charge in [-0.15, -0.1) is 6.58 Å². The van der Waals surface area contributed by atoms with E-state index >= 15 is 0 Å². The van der Waals surface area contributed by atoms with Crippen LogP contribution in [0.2, 0.25) is 5.02 Å². The molecule has 1 unspecified atom stereocenters. The van der Waals surface area contributed by atoms with Crippen LogP contribution >= 0.6 is 11.6 Å². The molecule has 0 fully saturated rings. The summed E-state index contributed by atoms with van der Waals surface area (Å²) in [7, 11) is -3.58. The molecule has 0 aliphatic carbocycles. The number of rotatable bonds is 6. The van der Waals surface area contributed by atoms with Crippen molar-refractivity contribution in [3.8, 4) is 0 Å². The van der Waals surface area contributed by atoms with Gasteiger partial charge in [0.25, 0.3) is 0 Å². The number of carboxylic acids is 1. The molecule has 1 atom stereocenters. The van der Waals surface area contributed by atoms with Crippen molar-refractivity contribution in [1.82, 2.24) is 0 Å². The van der Waals surface area contributed by atoms with E-state index in [4.69, 9.17) is 16.7 Å². The van der Waals surface area contributed by atoms with Crippen LogP contribution < -0.4 is 0 Å². The van der Waals surface area contributed by atoms with Crippen molar-refractivity contribution in [2.24, 2.45) is 0 Å². The highest BCUT2D eigenvalue weighted by Crippen LogP contribution is 2.26. The van der Waals surface area contributed by atoms with Gasteiger partial charge in [-0.2, -0.15) is 0 Å². The molecule has 0 aromatic heterocycles. The number of aliphatic carboxylic acids is 1. The summed E-state index contributed by atoms with van der Waals surface area (Å²) in [5.74, 6) is -1.56. The minimum atomic E-state index is -3.58. The van der Waals surface area contributed by atoms with Crippen LogP contribution in [0.3, 0.4) is 0 Å². The Morgan fingerprint density at radius 2 is 1.94 bits per heavy atom. The minimum absolute atomic E-state index is 0.415. The van der Waals surface area contributed by atoms with Crippen molar-refractivity contribution < 1.29 is 18.3 Å². The van der Waals surface area contributed by atoms with Crippen molar-refractivity contribution in [3.63, 3.8) is 0 Å². The Morgan fingerprint density at radius 1 is 1.39 bits per heavy atom. The number of hydrogen-bond donors (Lipinski definition) is 1. The SMILES string of the molecule is C=CC(c1ccc(Cl)cc1)S(=O)(=O)CCC(=O)O. The molecule has 1 aromatic carbocycles. The van der Waals surface area contributed by atoms with Crippen LogP contribution in [0.5, 0.6) is 0 Å². The fraction of sp³-hybridized carbons (Fsp3) is 0.250. The predicted octanol–water partition coefficient (Wildman–Crippen LogP) is 2.46. The molecule has 0 saturated heterocycles. The summed E-state index contributed by atoms with van der Waals surface area (Å²) in [6.07, 6.45) is 0.876. The van der Waals surface area contributed by atoms with E-state index in [0.29, 0.717) is 10.6 Å². The number of carbonyl (C=O) groups is 1. The molecule has 0 saturated carbocycles. The van der Waals surface area contributed by atoms with Gasteiger partial charge in [0.05, 0.1) is 12.2 Å². The zero-order valence-corrected chi connectivity index (χ0v) is 11.1. The average molecular weight is 289 g/mol. The first-order valence-electron chi connectivity index (χ1n) is 5.18. The Bertz CT molecular complexity index is 534. The number of benzene rings is 1. The summed E-state index contributed by atoms with van der Waals surface area (Å²) in [5, 5.41) is 8.13. The second kappa shape index (κ2) is 6.02. The highest BCUT2D eigenvalue weighted by atomic mass is 35.5. The van der Waals surface area contributed by atoms with Gasteiger partial charge in [0.1, 0.15) is 5.25 Å². The highest BCUT2D eigenvalue weighted by molar-refractivity contribution is 7.91. The minimum Gasteiger partial charge on any atom is -0.481 e. The van der Waals surface area contributed by atoms with E-state index in [1.807, 2.05) is 0 Å². The van der Waals surface area contributed by atoms with Gasteiger partial charge in [-0.25, -0.2) is 8.42 Å². The molecule has 4 nitrogen and oxygen atoms in total. The maximum atomic E-state index is 12.0. The molecule has 0 heterocycles. The van der Waals surface area contributed by atoms with E-state index in [0.717, 1.165) is 0 Å². The zero-order valence-electron chi connectivity index (χ0n) is 9.54. The molecule has 0 aliphatic heterocycles. The molecule has 6 heteroatoms. The average Bonchev–Trinajstić information content (AvgIpc) is 2.30. The number of halogens is 1. The van der Waals surface area contributed by atoms with Crippen molar-refractivity contribution in [2.75, 3.05) is 5.75 Å². The first kappa shape index (κ1) is 14.7. The molecule has 0 bridgehead atoms. The Morgan fingerprint density at radius 3 is 2.39 bits per heavy atom. The van der Waals surface area contributed by atoms with Gasteiger partial charge >= 0.3 is 5.97 Å². The molecule has 0 spiro atoms. The van der Waals surface area contributed by atoms with Crippen molar-refractivity contribution in [1.29, 1.82) is 0 Å². The molecule has 1 N–H and O–H groups in total. The van der Waals surface area contributed by atoms with Gasteiger partial charge in [-0.3, -0.25) is 4.79 Å². The van der Waals surface area contributed by atoms with Crippen LogP contribution in [0.15, 0.2) is 36.9 Å².